The molecule has 0 saturated heterocycles. The molecule has 0 aliphatic carbocycles. The summed E-state index contributed by atoms with van der Waals surface area (Å²) in [6.45, 7) is 25.8. The van der Waals surface area contributed by atoms with Crippen LogP contribution < -0.4 is 0 Å². The van der Waals surface area contributed by atoms with Gasteiger partial charge in [0.1, 0.15) is 0 Å². The minimum atomic E-state index is 0.379. The van der Waals surface area contributed by atoms with Gasteiger partial charge >= 0.3 is 0 Å². The van der Waals surface area contributed by atoms with Gasteiger partial charge in [-0.15, -0.1) is 0 Å². The average molecular weight is 773 g/mol. The smallest absolute Gasteiger partial charge is 0.0591 e. The van der Waals surface area contributed by atoms with Crippen molar-refractivity contribution < 1.29 is 4.74 Å². The van der Waals surface area contributed by atoms with E-state index >= 15 is 0 Å². The lowest BCUT2D eigenvalue weighted by atomic mass is 10.0. The minimum Gasteiger partial charge on any atom is -0.375 e. The first-order valence-corrected chi connectivity index (χ1v) is 25.1. The fourth-order valence-corrected chi connectivity index (χ4v) is 8.53. The van der Waals surface area contributed by atoms with Crippen LogP contribution in [-0.4, -0.2) is 59.3 Å². The molecule has 0 N–H and O–H groups in total. The highest BCUT2D eigenvalue weighted by atomic mass is 16.5. The van der Waals surface area contributed by atoms with Crippen LogP contribution in [0.3, 0.4) is 0 Å². The summed E-state index contributed by atoms with van der Waals surface area (Å²) in [4.78, 5) is 5.35. The van der Waals surface area contributed by atoms with E-state index in [9.17, 15) is 0 Å². The fourth-order valence-electron chi connectivity index (χ4n) is 8.53. The summed E-state index contributed by atoms with van der Waals surface area (Å²) in [6, 6.07) is 2.32. The summed E-state index contributed by atoms with van der Waals surface area (Å²) in [5.74, 6) is 0. The molecule has 0 aliphatic rings. The van der Waals surface area contributed by atoms with E-state index in [1.54, 1.807) is 0 Å². The van der Waals surface area contributed by atoms with Crippen LogP contribution in [0.4, 0.5) is 0 Å². The average Bonchev–Trinajstić information content (AvgIpc) is 3.13. The maximum Gasteiger partial charge on any atom is 0.0591 e. The number of allylic oxidation sites excluding steroid dienone is 4. The van der Waals surface area contributed by atoms with E-state index in [0.29, 0.717) is 36.4 Å². The highest BCUT2D eigenvalue weighted by Crippen LogP contribution is 2.22. The molecule has 0 saturated carbocycles. The molecular weight excluding hydrogens is 669 g/mol. The van der Waals surface area contributed by atoms with Gasteiger partial charge in [0, 0.05) is 37.3 Å². The number of hydrogen-bond acceptors (Lipinski definition) is 3. The van der Waals surface area contributed by atoms with Gasteiger partial charge in [-0.25, -0.2) is 0 Å². The van der Waals surface area contributed by atoms with Gasteiger partial charge in [-0.1, -0.05) is 154 Å². The zero-order valence-corrected chi connectivity index (χ0v) is 39.7. The summed E-state index contributed by atoms with van der Waals surface area (Å²) in [5, 5.41) is 0. The second kappa shape index (κ2) is 40.2. The first-order valence-electron chi connectivity index (χ1n) is 25.1. The molecule has 0 spiro atoms. The Morgan fingerprint density at radius 2 is 0.582 bits per heavy atom. The van der Waals surface area contributed by atoms with E-state index in [-0.39, 0.29) is 0 Å². The fraction of sp³-hybridized carbons (Fsp3) is 0.923. The van der Waals surface area contributed by atoms with Crippen molar-refractivity contribution in [1.82, 2.24) is 9.80 Å². The van der Waals surface area contributed by atoms with E-state index in [0.717, 1.165) is 13.1 Å². The Morgan fingerprint density at radius 1 is 0.327 bits per heavy atom. The number of hydrogen-bond donors (Lipinski definition) is 0. The zero-order valence-electron chi connectivity index (χ0n) is 39.7. The SMILES string of the molecule is CCCCCCCCC=CCCCCCCCC(CCN(C(C)C)C(C)C)OC(CCCCCCCC=CCCCCCCCC)CCN(C(C)C)C(C)C. The Hall–Kier alpha value is -0.640. The number of nitrogens with zero attached hydrogens (tertiary/aromatic N) is 2. The summed E-state index contributed by atoms with van der Waals surface area (Å²) in [5.41, 5.74) is 0. The lowest BCUT2D eigenvalue weighted by molar-refractivity contribution is -0.0416. The van der Waals surface area contributed by atoms with Crippen molar-refractivity contribution in [2.75, 3.05) is 13.1 Å². The van der Waals surface area contributed by atoms with Crippen molar-refractivity contribution in [3.05, 3.63) is 24.3 Å². The van der Waals surface area contributed by atoms with Crippen molar-refractivity contribution in [2.24, 2.45) is 0 Å². The number of ether oxygens (including phenoxy) is 1. The van der Waals surface area contributed by atoms with Crippen LogP contribution in [0.1, 0.15) is 262 Å². The highest BCUT2D eigenvalue weighted by molar-refractivity contribution is 4.82. The van der Waals surface area contributed by atoms with Gasteiger partial charge in [-0.05, 0) is 132 Å². The summed E-state index contributed by atoms with van der Waals surface area (Å²) >= 11 is 0. The molecule has 3 nitrogen and oxygen atoms in total. The number of unbranched alkanes of at least 4 members (excludes halogenated alkanes) is 22. The van der Waals surface area contributed by atoms with Crippen molar-refractivity contribution in [1.29, 1.82) is 0 Å². The second-order valence-corrected chi connectivity index (χ2v) is 18.6. The molecular formula is C52H104N2O. The molecule has 55 heavy (non-hydrogen) atoms. The quantitative estimate of drug-likeness (QED) is 0.0454. The van der Waals surface area contributed by atoms with Gasteiger partial charge in [0.2, 0.25) is 0 Å². The van der Waals surface area contributed by atoms with E-state index < -0.39 is 0 Å². The summed E-state index contributed by atoms with van der Waals surface area (Å²) in [7, 11) is 0. The first kappa shape index (κ1) is 54.4. The van der Waals surface area contributed by atoms with E-state index in [2.05, 4.69) is 103 Å². The molecule has 0 aromatic heterocycles. The standard InChI is InChI=1S/C52H104N2O/c1-11-13-15-17-19-21-23-25-27-29-31-33-35-37-39-41-51(43-45-53(47(3)4)48(5)6)55-52(44-46-54(49(7)8)50(9)10)42-40-38-36-34-32-30-28-26-24-22-20-18-16-14-12-2/h25-28,47-52H,11-24,29-46H2,1-10H3. The molecule has 0 amide bonds. The zero-order chi connectivity index (χ0) is 40.8. The second-order valence-electron chi connectivity index (χ2n) is 18.6. The predicted molar refractivity (Wildman–Crippen MR) is 251 cm³/mol. The minimum absolute atomic E-state index is 0.379. The number of rotatable bonds is 42. The molecule has 0 aromatic carbocycles. The molecule has 328 valence electrons. The van der Waals surface area contributed by atoms with Crippen molar-refractivity contribution >= 4 is 0 Å². The van der Waals surface area contributed by atoms with Crippen LogP contribution in [0.15, 0.2) is 24.3 Å². The first-order chi connectivity index (χ1) is 26.6. The van der Waals surface area contributed by atoms with Crippen molar-refractivity contribution in [3.63, 3.8) is 0 Å². The van der Waals surface area contributed by atoms with Gasteiger partial charge in [0.15, 0.2) is 0 Å². The van der Waals surface area contributed by atoms with Gasteiger partial charge in [0.05, 0.1) is 12.2 Å². The maximum atomic E-state index is 7.24. The predicted octanol–water partition coefficient (Wildman–Crippen LogP) is 16.8. The summed E-state index contributed by atoms with van der Waals surface area (Å²) in [6.07, 6.45) is 50.8. The van der Waals surface area contributed by atoms with Crippen molar-refractivity contribution in [2.45, 2.75) is 298 Å². The van der Waals surface area contributed by atoms with E-state index in [1.807, 2.05) is 0 Å². The van der Waals surface area contributed by atoms with Gasteiger partial charge in [-0.2, -0.15) is 0 Å². The van der Waals surface area contributed by atoms with Crippen LogP contribution in [0.25, 0.3) is 0 Å². The molecule has 0 aromatic rings. The Kier molecular flexibility index (Phi) is 39.7. The Morgan fingerprint density at radius 3 is 0.855 bits per heavy atom. The van der Waals surface area contributed by atoms with Crippen LogP contribution in [0.2, 0.25) is 0 Å². The lowest BCUT2D eigenvalue weighted by Crippen LogP contribution is -2.40. The Bertz CT molecular complexity index is 734. The largest absolute Gasteiger partial charge is 0.375 e. The third-order valence-electron chi connectivity index (χ3n) is 12.0. The Labute approximate surface area is 349 Å². The molecule has 2 unspecified atom stereocenters. The lowest BCUT2D eigenvalue weighted by Gasteiger charge is -2.34. The highest BCUT2D eigenvalue weighted by Gasteiger charge is 2.22. The van der Waals surface area contributed by atoms with Crippen LogP contribution in [-0.2, 0) is 4.74 Å². The van der Waals surface area contributed by atoms with Crippen LogP contribution >= 0.6 is 0 Å². The van der Waals surface area contributed by atoms with Crippen LogP contribution in [0, 0.1) is 0 Å². The van der Waals surface area contributed by atoms with Gasteiger partial charge in [0.25, 0.3) is 0 Å². The molecule has 0 rings (SSSR count). The molecule has 3 heteroatoms. The summed E-state index contributed by atoms with van der Waals surface area (Å²) < 4.78 is 7.24. The molecule has 0 aliphatic heterocycles. The van der Waals surface area contributed by atoms with Crippen molar-refractivity contribution in [3.8, 4) is 0 Å². The van der Waals surface area contributed by atoms with E-state index in [4.69, 9.17) is 4.74 Å². The topological polar surface area (TPSA) is 15.7 Å². The monoisotopic (exact) mass is 773 g/mol. The van der Waals surface area contributed by atoms with Gasteiger partial charge in [-0.3, -0.25) is 9.80 Å². The molecule has 0 bridgehead atoms. The van der Waals surface area contributed by atoms with Crippen LogP contribution in [0.5, 0.6) is 0 Å². The normalized spacial score (nSPS) is 13.8. The van der Waals surface area contributed by atoms with E-state index in [1.165, 1.54) is 193 Å². The Balaban J connectivity index is 4.93. The third kappa shape index (κ3) is 35.1. The van der Waals surface area contributed by atoms with Gasteiger partial charge < -0.3 is 4.74 Å². The molecule has 2 atom stereocenters. The maximum absolute atomic E-state index is 7.24. The third-order valence-corrected chi connectivity index (χ3v) is 12.0. The molecule has 0 fully saturated rings. The molecule has 0 radical (unpaired) electrons. The molecule has 0 heterocycles.